The molecule has 0 aliphatic heterocycles. The first-order valence-electron chi connectivity index (χ1n) is 7.73. The van der Waals surface area contributed by atoms with E-state index in [1.165, 1.54) is 11.1 Å². The van der Waals surface area contributed by atoms with Crippen LogP contribution in [0.3, 0.4) is 0 Å². The van der Waals surface area contributed by atoms with E-state index in [0.29, 0.717) is 0 Å². The molecule has 2 rings (SSSR count). The van der Waals surface area contributed by atoms with Crippen molar-refractivity contribution >= 4 is 11.6 Å². The lowest BCUT2D eigenvalue weighted by Crippen LogP contribution is -1.97. The second kappa shape index (κ2) is 7.13. The molecule has 0 unspecified atom stereocenters. The van der Waals surface area contributed by atoms with Gasteiger partial charge in [0.25, 0.3) is 0 Å². The highest BCUT2D eigenvalue weighted by molar-refractivity contribution is 5.79. The molecule has 1 nitrogen and oxygen atoms in total. The number of aryl methyl sites for hydroxylation is 1. The summed E-state index contributed by atoms with van der Waals surface area (Å²) in [7, 11) is 0. The van der Waals surface area contributed by atoms with Gasteiger partial charge in [0.2, 0.25) is 0 Å². The lowest BCUT2D eigenvalue weighted by atomic mass is 9.94. The molecule has 2 aromatic carbocycles. The van der Waals surface area contributed by atoms with Crippen LogP contribution in [0.1, 0.15) is 37.0 Å². The fourth-order valence-corrected chi connectivity index (χ4v) is 2.44. The van der Waals surface area contributed by atoms with Crippen molar-refractivity contribution < 1.29 is 4.74 Å². The van der Waals surface area contributed by atoms with E-state index in [9.17, 15) is 0 Å². The van der Waals surface area contributed by atoms with E-state index in [0.717, 1.165) is 41.0 Å². The number of hydrogen-bond acceptors (Lipinski definition) is 1. The van der Waals surface area contributed by atoms with Crippen LogP contribution in [0.25, 0.3) is 22.8 Å². The van der Waals surface area contributed by atoms with Crippen LogP contribution in [0.5, 0.6) is 5.75 Å². The Morgan fingerprint density at radius 2 is 1.95 bits per heavy atom. The lowest BCUT2D eigenvalue weighted by Gasteiger charge is -2.13. The van der Waals surface area contributed by atoms with Gasteiger partial charge in [-0.2, -0.15) is 0 Å². The average molecular weight is 292 g/mol. The summed E-state index contributed by atoms with van der Waals surface area (Å²) in [5.41, 5.74) is 6.87. The maximum Gasteiger partial charge on any atom is 0.122 e. The molecule has 114 valence electrons. The van der Waals surface area contributed by atoms with Crippen molar-refractivity contribution in [3.8, 4) is 16.9 Å². The van der Waals surface area contributed by atoms with Gasteiger partial charge in [0.1, 0.15) is 5.75 Å². The zero-order valence-electron chi connectivity index (χ0n) is 13.8. The highest BCUT2D eigenvalue weighted by atomic mass is 16.5. The molecule has 0 aliphatic carbocycles. The van der Waals surface area contributed by atoms with E-state index in [2.05, 4.69) is 63.4 Å². The Morgan fingerprint density at radius 3 is 2.55 bits per heavy atom. The molecule has 0 bridgehead atoms. The molecule has 0 radical (unpaired) electrons. The second-order valence-electron chi connectivity index (χ2n) is 5.62. The largest absolute Gasteiger partial charge is 0.493 e. The topological polar surface area (TPSA) is 9.23 Å². The summed E-state index contributed by atoms with van der Waals surface area (Å²) in [6.07, 6.45) is 2.91. The Labute approximate surface area is 134 Å². The summed E-state index contributed by atoms with van der Waals surface area (Å²) in [6.45, 7) is 14.9. The van der Waals surface area contributed by atoms with Crippen molar-refractivity contribution in [2.24, 2.45) is 0 Å². The van der Waals surface area contributed by atoms with Gasteiger partial charge in [-0.25, -0.2) is 0 Å². The minimum absolute atomic E-state index is 0.753. The smallest absolute Gasteiger partial charge is 0.122 e. The third-order valence-corrected chi connectivity index (χ3v) is 3.71. The number of hydrogen-bond donors (Lipinski definition) is 0. The van der Waals surface area contributed by atoms with Crippen LogP contribution in [0.15, 0.2) is 49.6 Å². The lowest BCUT2D eigenvalue weighted by molar-refractivity contribution is 0.315. The standard InChI is InChI=1S/C21H24O/c1-6-12-22-21-11-10-19(13-16(21)5)20-14-18(15(3)4)9-8-17(20)7-2/h7-11,13-14H,2-3,6,12H2,1,4-5H3. The van der Waals surface area contributed by atoms with Gasteiger partial charge >= 0.3 is 0 Å². The molecule has 0 saturated heterocycles. The molecular formula is C21H24O. The summed E-state index contributed by atoms with van der Waals surface area (Å²) in [4.78, 5) is 0. The van der Waals surface area contributed by atoms with Crippen LogP contribution in [0.2, 0.25) is 0 Å². The quantitative estimate of drug-likeness (QED) is 0.622. The number of allylic oxidation sites excluding steroid dienone is 1. The molecule has 0 atom stereocenters. The van der Waals surface area contributed by atoms with E-state index in [1.807, 2.05) is 13.0 Å². The van der Waals surface area contributed by atoms with E-state index in [1.54, 1.807) is 0 Å². The van der Waals surface area contributed by atoms with Gasteiger partial charge in [-0.15, -0.1) is 0 Å². The Bertz CT molecular complexity index is 695. The highest BCUT2D eigenvalue weighted by Crippen LogP contribution is 2.31. The van der Waals surface area contributed by atoms with Gasteiger partial charge in [0.05, 0.1) is 6.61 Å². The predicted molar refractivity (Wildman–Crippen MR) is 97.2 cm³/mol. The minimum Gasteiger partial charge on any atom is -0.493 e. The number of benzene rings is 2. The third kappa shape index (κ3) is 3.48. The summed E-state index contributed by atoms with van der Waals surface area (Å²) >= 11 is 0. The van der Waals surface area contributed by atoms with Gasteiger partial charge in [-0.3, -0.25) is 0 Å². The zero-order chi connectivity index (χ0) is 16.1. The van der Waals surface area contributed by atoms with E-state index >= 15 is 0 Å². The van der Waals surface area contributed by atoms with Crippen LogP contribution < -0.4 is 4.74 Å². The summed E-state index contributed by atoms with van der Waals surface area (Å²) in [5.74, 6) is 0.960. The van der Waals surface area contributed by atoms with Crippen LogP contribution >= 0.6 is 0 Å². The normalized spacial score (nSPS) is 10.3. The summed E-state index contributed by atoms with van der Waals surface area (Å²) in [5, 5.41) is 0. The molecule has 0 fully saturated rings. The molecule has 0 N–H and O–H groups in total. The average Bonchev–Trinajstić information content (AvgIpc) is 2.53. The van der Waals surface area contributed by atoms with E-state index < -0.39 is 0 Å². The van der Waals surface area contributed by atoms with Crippen LogP contribution in [0.4, 0.5) is 0 Å². The first-order valence-corrected chi connectivity index (χ1v) is 7.73. The van der Waals surface area contributed by atoms with Crippen LogP contribution in [-0.4, -0.2) is 6.61 Å². The van der Waals surface area contributed by atoms with Crippen molar-refractivity contribution in [3.63, 3.8) is 0 Å². The molecular weight excluding hydrogens is 268 g/mol. The van der Waals surface area contributed by atoms with Gasteiger partial charge in [-0.05, 0) is 66.3 Å². The summed E-state index contributed by atoms with van der Waals surface area (Å²) in [6, 6.07) is 12.7. The van der Waals surface area contributed by atoms with Crippen molar-refractivity contribution in [3.05, 3.63) is 66.2 Å². The number of ether oxygens (including phenoxy) is 1. The Morgan fingerprint density at radius 1 is 1.18 bits per heavy atom. The second-order valence-corrected chi connectivity index (χ2v) is 5.62. The van der Waals surface area contributed by atoms with Gasteiger partial charge in [-0.1, -0.05) is 49.9 Å². The molecule has 0 saturated carbocycles. The van der Waals surface area contributed by atoms with Crippen molar-refractivity contribution in [1.29, 1.82) is 0 Å². The fraction of sp³-hybridized carbons (Fsp3) is 0.238. The van der Waals surface area contributed by atoms with Gasteiger partial charge in [0, 0.05) is 0 Å². The summed E-state index contributed by atoms with van der Waals surface area (Å²) < 4.78 is 5.76. The third-order valence-electron chi connectivity index (χ3n) is 3.71. The Hall–Kier alpha value is -2.28. The Balaban J connectivity index is 2.46. The molecule has 0 amide bonds. The monoisotopic (exact) mass is 292 g/mol. The fourth-order valence-electron chi connectivity index (χ4n) is 2.44. The number of rotatable bonds is 6. The van der Waals surface area contributed by atoms with E-state index in [-0.39, 0.29) is 0 Å². The maximum atomic E-state index is 5.76. The van der Waals surface area contributed by atoms with Gasteiger partial charge < -0.3 is 4.74 Å². The molecule has 22 heavy (non-hydrogen) atoms. The van der Waals surface area contributed by atoms with E-state index in [4.69, 9.17) is 4.74 Å². The van der Waals surface area contributed by atoms with Gasteiger partial charge in [0.15, 0.2) is 0 Å². The Kier molecular flexibility index (Phi) is 5.21. The molecule has 1 heteroatoms. The molecule has 0 heterocycles. The van der Waals surface area contributed by atoms with Crippen LogP contribution in [0, 0.1) is 6.92 Å². The van der Waals surface area contributed by atoms with Crippen molar-refractivity contribution in [2.75, 3.05) is 6.61 Å². The minimum atomic E-state index is 0.753. The maximum absolute atomic E-state index is 5.76. The SMILES string of the molecule is C=Cc1ccc(C(=C)C)cc1-c1ccc(OCCC)c(C)c1. The first-order chi connectivity index (χ1) is 10.6. The highest BCUT2D eigenvalue weighted by Gasteiger charge is 2.08. The molecule has 2 aromatic rings. The predicted octanol–water partition coefficient (Wildman–Crippen LogP) is 6.13. The van der Waals surface area contributed by atoms with Crippen molar-refractivity contribution in [1.82, 2.24) is 0 Å². The van der Waals surface area contributed by atoms with Crippen LogP contribution in [-0.2, 0) is 0 Å². The first kappa shape index (κ1) is 16.1. The van der Waals surface area contributed by atoms with Crippen molar-refractivity contribution in [2.45, 2.75) is 27.2 Å². The zero-order valence-corrected chi connectivity index (χ0v) is 13.8. The molecule has 0 spiro atoms. The molecule has 0 aromatic heterocycles. The molecule has 0 aliphatic rings.